The minimum atomic E-state index is -0.709. The van der Waals surface area contributed by atoms with Crippen LogP contribution in [0, 0.1) is 5.41 Å². The summed E-state index contributed by atoms with van der Waals surface area (Å²) < 4.78 is 16.3. The Kier molecular flexibility index (Phi) is 4.94. The number of aromatic nitrogens is 4. The van der Waals surface area contributed by atoms with Crippen molar-refractivity contribution in [3.8, 4) is 0 Å². The molecule has 4 aromatic rings. The lowest BCUT2D eigenvalue weighted by Crippen LogP contribution is -2.44. The second-order valence-electron chi connectivity index (χ2n) is 10.6. The van der Waals surface area contributed by atoms with Gasteiger partial charge < -0.3 is 25.5 Å². The minimum Gasteiger partial charge on any atom is -0.383 e. The quantitative estimate of drug-likeness (QED) is 0.370. The fourth-order valence-corrected chi connectivity index (χ4v) is 6.29. The van der Waals surface area contributed by atoms with Gasteiger partial charge in [-0.1, -0.05) is 19.1 Å². The lowest BCUT2D eigenvalue weighted by molar-refractivity contribution is -0.189. The van der Waals surface area contributed by atoms with E-state index in [4.69, 9.17) is 20.9 Å². The van der Waals surface area contributed by atoms with E-state index in [2.05, 4.69) is 60.6 Å². The summed E-state index contributed by atoms with van der Waals surface area (Å²) in [5.41, 5.74) is 14.3. The van der Waals surface area contributed by atoms with Gasteiger partial charge in [0.25, 0.3) is 0 Å². The number of hydrogen-bond donors (Lipinski definition) is 2. The lowest BCUT2D eigenvalue weighted by Gasteiger charge is -2.35. The minimum absolute atomic E-state index is 0.0932. The van der Waals surface area contributed by atoms with Crippen LogP contribution < -0.4 is 11.5 Å². The Bertz CT molecular complexity index is 1470. The molecule has 1 aliphatic carbocycles. The van der Waals surface area contributed by atoms with Crippen LogP contribution in [0.5, 0.6) is 0 Å². The molecular formula is C26H29BrN6O2. The van der Waals surface area contributed by atoms with Crippen molar-refractivity contribution in [1.29, 1.82) is 0 Å². The van der Waals surface area contributed by atoms with Gasteiger partial charge in [-0.3, -0.25) is 0 Å². The van der Waals surface area contributed by atoms with Gasteiger partial charge in [0.1, 0.15) is 29.7 Å². The molecule has 0 spiro atoms. The topological polar surface area (TPSA) is 114 Å². The largest absolute Gasteiger partial charge is 0.383 e. The monoisotopic (exact) mass is 536 g/mol. The molecule has 0 radical (unpaired) electrons. The van der Waals surface area contributed by atoms with Gasteiger partial charge in [0, 0.05) is 11.6 Å². The van der Waals surface area contributed by atoms with E-state index < -0.39 is 11.5 Å². The highest BCUT2D eigenvalue weighted by Gasteiger charge is 2.65. The maximum Gasteiger partial charge on any atom is 0.176 e. The normalized spacial score (nSPS) is 27.6. The number of pyridine rings is 1. The third kappa shape index (κ3) is 3.51. The third-order valence-electron chi connectivity index (χ3n) is 7.69. The smallest absolute Gasteiger partial charge is 0.176 e. The SMILES string of the molecule is CC1(C)O[C@@H]2[C@@](C)(CCc3ccc4cc(Br)c(N)nc4c3)CC[C@]2(n2ccc3c(N)ncnc32)O1. The second-order valence-corrected chi connectivity index (χ2v) is 11.4. The molecule has 6 rings (SSSR count). The summed E-state index contributed by atoms with van der Waals surface area (Å²) in [4.78, 5) is 13.2. The van der Waals surface area contributed by atoms with E-state index in [1.807, 2.05) is 32.2 Å². The van der Waals surface area contributed by atoms with Crippen molar-refractivity contribution in [2.45, 2.75) is 64.1 Å². The Morgan fingerprint density at radius 2 is 1.91 bits per heavy atom. The van der Waals surface area contributed by atoms with Gasteiger partial charge in [0.2, 0.25) is 0 Å². The van der Waals surface area contributed by atoms with Gasteiger partial charge in [0.05, 0.1) is 15.4 Å². The first-order valence-electron chi connectivity index (χ1n) is 11.9. The molecule has 0 amide bonds. The molecule has 2 fully saturated rings. The van der Waals surface area contributed by atoms with Gasteiger partial charge in [-0.2, -0.15) is 0 Å². The van der Waals surface area contributed by atoms with Gasteiger partial charge >= 0.3 is 0 Å². The Morgan fingerprint density at radius 3 is 2.74 bits per heavy atom. The van der Waals surface area contributed by atoms with E-state index in [1.54, 1.807) is 0 Å². The maximum absolute atomic E-state index is 6.69. The van der Waals surface area contributed by atoms with E-state index in [0.717, 1.165) is 52.1 Å². The van der Waals surface area contributed by atoms with Crippen LogP contribution in [0.15, 0.2) is 47.3 Å². The van der Waals surface area contributed by atoms with E-state index in [9.17, 15) is 0 Å². The van der Waals surface area contributed by atoms with Crippen LogP contribution in [0.3, 0.4) is 0 Å². The Morgan fingerprint density at radius 1 is 1.09 bits per heavy atom. The van der Waals surface area contributed by atoms with Crippen LogP contribution in [0.4, 0.5) is 11.6 Å². The molecule has 8 nitrogen and oxygen atoms in total. The third-order valence-corrected chi connectivity index (χ3v) is 8.32. The van der Waals surface area contributed by atoms with Crippen molar-refractivity contribution in [1.82, 2.24) is 19.5 Å². The zero-order valence-corrected chi connectivity index (χ0v) is 21.7. The molecule has 0 bridgehead atoms. The number of hydrogen-bond acceptors (Lipinski definition) is 7. The highest BCUT2D eigenvalue weighted by Crippen LogP contribution is 2.59. The van der Waals surface area contributed by atoms with Crippen LogP contribution in [0.1, 0.15) is 45.6 Å². The molecule has 2 aliphatic rings. The lowest BCUT2D eigenvalue weighted by atomic mass is 9.79. The van der Waals surface area contributed by atoms with Gasteiger partial charge in [-0.05, 0) is 84.6 Å². The molecule has 4 heterocycles. The average molecular weight is 537 g/mol. The molecule has 1 aliphatic heterocycles. The van der Waals surface area contributed by atoms with E-state index in [1.165, 1.54) is 11.9 Å². The summed E-state index contributed by atoms with van der Waals surface area (Å²) in [5.74, 6) is 0.266. The summed E-state index contributed by atoms with van der Waals surface area (Å²) in [5, 5.41) is 1.90. The first-order chi connectivity index (χ1) is 16.6. The molecule has 1 aromatic carbocycles. The Labute approximate surface area is 212 Å². The second kappa shape index (κ2) is 7.62. The molecule has 4 N–H and O–H groups in total. The molecule has 1 saturated carbocycles. The van der Waals surface area contributed by atoms with Gasteiger partial charge in [0.15, 0.2) is 11.5 Å². The number of anilines is 2. The zero-order chi connectivity index (χ0) is 24.6. The molecule has 0 unspecified atom stereocenters. The molecule has 1 saturated heterocycles. The number of benzene rings is 1. The first-order valence-corrected chi connectivity index (χ1v) is 12.7. The maximum atomic E-state index is 6.69. The number of aryl methyl sites for hydroxylation is 1. The summed E-state index contributed by atoms with van der Waals surface area (Å²) in [6, 6.07) is 10.4. The highest BCUT2D eigenvalue weighted by atomic mass is 79.9. The van der Waals surface area contributed by atoms with Crippen LogP contribution >= 0.6 is 15.9 Å². The molecule has 182 valence electrons. The van der Waals surface area contributed by atoms with Crippen molar-refractivity contribution in [2.75, 3.05) is 11.5 Å². The summed E-state index contributed by atoms with van der Waals surface area (Å²) in [6.45, 7) is 6.29. The zero-order valence-electron chi connectivity index (χ0n) is 20.1. The van der Waals surface area contributed by atoms with Crippen molar-refractivity contribution in [3.63, 3.8) is 0 Å². The molecule has 3 atom stereocenters. The first kappa shape index (κ1) is 22.7. The fraction of sp³-hybridized carbons (Fsp3) is 0.423. The Balaban J connectivity index is 1.33. The Hall–Kier alpha value is -2.75. The van der Waals surface area contributed by atoms with Crippen LogP contribution in [0.25, 0.3) is 21.9 Å². The van der Waals surface area contributed by atoms with Crippen molar-refractivity contribution < 1.29 is 9.47 Å². The summed E-state index contributed by atoms with van der Waals surface area (Å²) in [7, 11) is 0. The number of fused-ring (bicyclic) bond motifs is 3. The standard InChI is InChI=1S/C26H29BrN6O2/c1-24(2)34-23-25(3,8-6-15-4-5-16-13-18(27)21(29)32-19(16)12-15)9-10-26(23,35-24)33-11-7-17-20(28)30-14-31-22(17)33/h4-5,7,11-14,23H,6,8-10H2,1-3H3,(H2,29,32)(H2,28,30,31)/t23-,25+,26+/m1/s1. The number of rotatable bonds is 4. The van der Waals surface area contributed by atoms with Crippen molar-refractivity contribution in [3.05, 3.63) is 52.9 Å². The number of nitrogen functional groups attached to an aromatic ring is 2. The van der Waals surface area contributed by atoms with Crippen LogP contribution in [0.2, 0.25) is 0 Å². The molecule has 3 aromatic heterocycles. The number of nitrogens with two attached hydrogens (primary N) is 2. The van der Waals surface area contributed by atoms with Gasteiger partial charge in [-0.15, -0.1) is 0 Å². The van der Waals surface area contributed by atoms with Crippen LogP contribution in [-0.4, -0.2) is 31.4 Å². The number of ether oxygens (including phenoxy) is 2. The fourth-order valence-electron chi connectivity index (χ4n) is 5.96. The van der Waals surface area contributed by atoms with Crippen molar-refractivity contribution >= 4 is 49.5 Å². The predicted octanol–water partition coefficient (Wildman–Crippen LogP) is 5.14. The van der Waals surface area contributed by atoms with Crippen LogP contribution in [-0.2, 0) is 21.6 Å². The summed E-state index contributed by atoms with van der Waals surface area (Å²) in [6.07, 6.45) is 7.04. The van der Waals surface area contributed by atoms with E-state index in [0.29, 0.717) is 11.6 Å². The molecular weight excluding hydrogens is 508 g/mol. The van der Waals surface area contributed by atoms with E-state index in [-0.39, 0.29) is 11.5 Å². The molecule has 35 heavy (non-hydrogen) atoms. The van der Waals surface area contributed by atoms with Crippen molar-refractivity contribution in [2.24, 2.45) is 5.41 Å². The predicted molar refractivity (Wildman–Crippen MR) is 139 cm³/mol. The summed E-state index contributed by atoms with van der Waals surface area (Å²) >= 11 is 3.46. The highest BCUT2D eigenvalue weighted by molar-refractivity contribution is 9.10. The molecule has 9 heteroatoms. The number of nitrogens with zero attached hydrogens (tertiary/aromatic N) is 4. The average Bonchev–Trinajstić information content (AvgIpc) is 3.44. The number of halogens is 1. The van der Waals surface area contributed by atoms with Gasteiger partial charge in [-0.25, -0.2) is 15.0 Å². The van der Waals surface area contributed by atoms with E-state index >= 15 is 0 Å².